The molecule has 3 nitrogen and oxygen atoms in total. The maximum absolute atomic E-state index is 11.8. The third-order valence-corrected chi connectivity index (χ3v) is 4.76. The van der Waals surface area contributed by atoms with Crippen molar-refractivity contribution in [1.82, 2.24) is 4.90 Å². The van der Waals surface area contributed by atoms with Gasteiger partial charge in [-0.05, 0) is 44.5 Å². The number of rotatable bonds is 2. The number of carbonyl (C=O) groups is 1. The maximum atomic E-state index is 11.8. The molecule has 2 heterocycles. The Hall–Kier alpha value is -0.870. The first-order chi connectivity index (χ1) is 9.15. The van der Waals surface area contributed by atoms with Crippen molar-refractivity contribution >= 4 is 27.4 Å². The van der Waals surface area contributed by atoms with Crippen LogP contribution in [0.25, 0.3) is 0 Å². The summed E-state index contributed by atoms with van der Waals surface area (Å²) in [6, 6.07) is 6.73. The van der Waals surface area contributed by atoms with Gasteiger partial charge in [-0.1, -0.05) is 15.9 Å². The Morgan fingerprint density at radius 1 is 1.32 bits per heavy atom. The number of carbonyl (C=O) groups excluding carboxylic acids is 1. The second-order valence-corrected chi connectivity index (χ2v) is 6.41. The Balaban J connectivity index is 1.87. The number of ketones is 1. The van der Waals surface area contributed by atoms with Crippen molar-refractivity contribution in [2.45, 2.75) is 25.8 Å². The van der Waals surface area contributed by atoms with E-state index in [9.17, 15) is 4.79 Å². The minimum Gasteiger partial charge on any atom is -0.368 e. The zero-order chi connectivity index (χ0) is 13.4. The van der Waals surface area contributed by atoms with Crippen LogP contribution >= 0.6 is 15.9 Å². The fourth-order valence-electron chi connectivity index (χ4n) is 3.28. The first-order valence-electron chi connectivity index (χ1n) is 6.94. The lowest BCUT2D eigenvalue weighted by atomic mass is 10.1. The van der Waals surface area contributed by atoms with Crippen molar-refractivity contribution < 1.29 is 4.79 Å². The van der Waals surface area contributed by atoms with E-state index in [0.717, 1.165) is 35.4 Å². The standard InChI is InChI=1S/C15H19BrN2O/c1-11(19)14-9-12(16)4-5-15(14)18-8-7-17-6-2-3-13(17)10-18/h4-5,9,13H,2-3,6-8,10H2,1H3. The fourth-order valence-corrected chi connectivity index (χ4v) is 3.64. The van der Waals surface area contributed by atoms with Crippen molar-refractivity contribution in [2.75, 3.05) is 31.1 Å². The number of nitrogens with zero attached hydrogens (tertiary/aromatic N) is 2. The fraction of sp³-hybridized carbons (Fsp3) is 0.533. The third-order valence-electron chi connectivity index (χ3n) is 4.27. The third kappa shape index (κ3) is 2.56. The van der Waals surface area contributed by atoms with E-state index in [1.165, 1.54) is 19.4 Å². The molecule has 1 unspecified atom stereocenters. The van der Waals surface area contributed by atoms with Crippen LogP contribution in [-0.4, -0.2) is 42.9 Å². The molecule has 0 amide bonds. The number of halogens is 1. The predicted molar refractivity (Wildman–Crippen MR) is 81.0 cm³/mol. The van der Waals surface area contributed by atoms with Gasteiger partial charge in [-0.25, -0.2) is 0 Å². The van der Waals surface area contributed by atoms with Crippen molar-refractivity contribution in [3.63, 3.8) is 0 Å². The number of benzene rings is 1. The molecule has 2 aliphatic heterocycles. The summed E-state index contributed by atoms with van der Waals surface area (Å²) in [5, 5.41) is 0. The number of hydrogen-bond donors (Lipinski definition) is 0. The van der Waals surface area contributed by atoms with Crippen molar-refractivity contribution in [2.24, 2.45) is 0 Å². The molecule has 0 spiro atoms. The van der Waals surface area contributed by atoms with E-state index in [2.05, 4.69) is 31.8 Å². The molecule has 2 fully saturated rings. The van der Waals surface area contributed by atoms with Crippen molar-refractivity contribution in [1.29, 1.82) is 0 Å². The molecule has 3 rings (SSSR count). The highest BCUT2D eigenvalue weighted by molar-refractivity contribution is 9.10. The van der Waals surface area contributed by atoms with Crippen LogP contribution in [0.4, 0.5) is 5.69 Å². The van der Waals surface area contributed by atoms with Gasteiger partial charge in [-0.3, -0.25) is 9.69 Å². The molecule has 0 saturated carbocycles. The summed E-state index contributed by atoms with van der Waals surface area (Å²) < 4.78 is 0.973. The molecule has 0 bridgehead atoms. The van der Waals surface area contributed by atoms with Gasteiger partial charge in [-0.15, -0.1) is 0 Å². The van der Waals surface area contributed by atoms with Crippen LogP contribution in [0.5, 0.6) is 0 Å². The molecule has 1 aromatic carbocycles. The highest BCUT2D eigenvalue weighted by Gasteiger charge is 2.31. The normalized spacial score (nSPS) is 23.5. The van der Waals surface area contributed by atoms with Crippen LogP contribution in [0.3, 0.4) is 0 Å². The smallest absolute Gasteiger partial charge is 0.161 e. The molecule has 1 atom stereocenters. The molecule has 102 valence electrons. The minimum absolute atomic E-state index is 0.144. The van der Waals surface area contributed by atoms with Crippen LogP contribution in [0.2, 0.25) is 0 Å². The van der Waals surface area contributed by atoms with Crippen LogP contribution in [0.15, 0.2) is 22.7 Å². The van der Waals surface area contributed by atoms with E-state index < -0.39 is 0 Å². The first-order valence-corrected chi connectivity index (χ1v) is 7.74. The lowest BCUT2D eigenvalue weighted by molar-refractivity contribution is 0.101. The monoisotopic (exact) mass is 322 g/mol. The summed E-state index contributed by atoms with van der Waals surface area (Å²) in [5.41, 5.74) is 1.93. The lowest BCUT2D eigenvalue weighted by Gasteiger charge is -2.39. The number of piperazine rings is 1. The van der Waals surface area contributed by atoms with Gasteiger partial charge >= 0.3 is 0 Å². The highest BCUT2D eigenvalue weighted by atomic mass is 79.9. The second-order valence-electron chi connectivity index (χ2n) is 5.50. The van der Waals surface area contributed by atoms with E-state index in [4.69, 9.17) is 0 Å². The second kappa shape index (κ2) is 5.25. The molecular formula is C15H19BrN2O. The van der Waals surface area contributed by atoms with Gasteiger partial charge in [-0.2, -0.15) is 0 Å². The van der Waals surface area contributed by atoms with Gasteiger partial charge in [0.25, 0.3) is 0 Å². The van der Waals surface area contributed by atoms with Crippen molar-refractivity contribution in [3.8, 4) is 0 Å². The molecule has 0 aromatic heterocycles. The zero-order valence-electron chi connectivity index (χ0n) is 11.2. The predicted octanol–water partition coefficient (Wildman–Crippen LogP) is 2.94. The van der Waals surface area contributed by atoms with Gasteiger partial charge in [0.05, 0.1) is 0 Å². The zero-order valence-corrected chi connectivity index (χ0v) is 12.8. The molecule has 1 aromatic rings. The van der Waals surface area contributed by atoms with E-state index in [-0.39, 0.29) is 5.78 Å². The van der Waals surface area contributed by atoms with Gasteiger partial charge in [0, 0.05) is 41.4 Å². The van der Waals surface area contributed by atoms with Crippen LogP contribution in [-0.2, 0) is 0 Å². The first kappa shape index (κ1) is 13.1. The van der Waals surface area contributed by atoms with Gasteiger partial charge < -0.3 is 4.90 Å². The van der Waals surface area contributed by atoms with Gasteiger partial charge in [0.2, 0.25) is 0 Å². The largest absolute Gasteiger partial charge is 0.368 e. The summed E-state index contributed by atoms with van der Waals surface area (Å²) in [6.07, 6.45) is 2.61. The number of anilines is 1. The molecular weight excluding hydrogens is 304 g/mol. The summed E-state index contributed by atoms with van der Waals surface area (Å²) >= 11 is 3.45. The number of hydrogen-bond acceptors (Lipinski definition) is 3. The van der Waals surface area contributed by atoms with Crippen molar-refractivity contribution in [3.05, 3.63) is 28.2 Å². The van der Waals surface area contributed by atoms with E-state index >= 15 is 0 Å². The Bertz CT molecular complexity index is 503. The summed E-state index contributed by atoms with van der Waals surface area (Å²) in [5.74, 6) is 0.144. The average Bonchev–Trinajstić information content (AvgIpc) is 2.85. The van der Waals surface area contributed by atoms with E-state index in [1.807, 2.05) is 12.1 Å². The molecule has 2 aliphatic rings. The molecule has 0 N–H and O–H groups in total. The van der Waals surface area contributed by atoms with Crippen LogP contribution in [0, 0.1) is 0 Å². The Morgan fingerprint density at radius 3 is 2.95 bits per heavy atom. The molecule has 19 heavy (non-hydrogen) atoms. The Labute approximate surface area is 122 Å². The minimum atomic E-state index is 0.144. The maximum Gasteiger partial charge on any atom is 0.161 e. The Kier molecular flexibility index (Phi) is 3.63. The summed E-state index contributed by atoms with van der Waals surface area (Å²) in [6.45, 7) is 6.11. The van der Waals surface area contributed by atoms with E-state index in [0.29, 0.717) is 6.04 Å². The number of Topliss-reactive ketones (excluding diaryl/α,β-unsaturated/α-hetero) is 1. The number of fused-ring (bicyclic) bond motifs is 1. The topological polar surface area (TPSA) is 23.6 Å². The summed E-state index contributed by atoms with van der Waals surface area (Å²) in [7, 11) is 0. The molecule has 4 heteroatoms. The summed E-state index contributed by atoms with van der Waals surface area (Å²) in [4.78, 5) is 16.8. The van der Waals surface area contributed by atoms with Crippen LogP contribution in [0.1, 0.15) is 30.1 Å². The molecule has 0 aliphatic carbocycles. The van der Waals surface area contributed by atoms with E-state index in [1.54, 1.807) is 6.92 Å². The lowest BCUT2D eigenvalue weighted by Crippen LogP contribution is -2.50. The average molecular weight is 323 g/mol. The quantitative estimate of drug-likeness (QED) is 0.782. The SMILES string of the molecule is CC(=O)c1cc(Br)ccc1N1CCN2CCCC2C1. The van der Waals surface area contributed by atoms with Gasteiger partial charge in [0.15, 0.2) is 5.78 Å². The Morgan fingerprint density at radius 2 is 2.16 bits per heavy atom. The molecule has 2 saturated heterocycles. The highest BCUT2D eigenvalue weighted by Crippen LogP contribution is 2.29. The van der Waals surface area contributed by atoms with Gasteiger partial charge in [0.1, 0.15) is 0 Å². The molecule has 0 radical (unpaired) electrons. The van der Waals surface area contributed by atoms with Crippen LogP contribution < -0.4 is 4.90 Å².